The highest BCUT2D eigenvalue weighted by atomic mass is 16.5. The summed E-state index contributed by atoms with van der Waals surface area (Å²) in [5, 5.41) is 11.1. The summed E-state index contributed by atoms with van der Waals surface area (Å²) in [7, 11) is 0. The van der Waals surface area contributed by atoms with E-state index >= 15 is 0 Å². The summed E-state index contributed by atoms with van der Waals surface area (Å²) >= 11 is 0. The van der Waals surface area contributed by atoms with Crippen molar-refractivity contribution in [3.63, 3.8) is 0 Å². The Hall–Kier alpha value is -5.42. The summed E-state index contributed by atoms with van der Waals surface area (Å²) in [6.45, 7) is 4.41. The van der Waals surface area contributed by atoms with Gasteiger partial charge < -0.3 is 13.7 Å². The largest absolute Gasteiger partial charge is 0.493 e. The van der Waals surface area contributed by atoms with Crippen LogP contribution in [0.1, 0.15) is 11.1 Å². The highest BCUT2D eigenvalue weighted by Crippen LogP contribution is 2.33. The summed E-state index contributed by atoms with van der Waals surface area (Å²) in [6.07, 6.45) is 2.66. The van der Waals surface area contributed by atoms with Gasteiger partial charge in [-0.1, -0.05) is 79.4 Å². The first-order valence-electron chi connectivity index (χ1n) is 13.6. The van der Waals surface area contributed by atoms with Crippen LogP contribution in [0.25, 0.3) is 56.5 Å². The van der Waals surface area contributed by atoms with Gasteiger partial charge in [0.2, 0.25) is 11.8 Å². The molecule has 0 bridgehead atoms. The molecule has 5 aromatic carbocycles. The fraction of sp³-hybridized carbons (Fsp3) is 0.0556. The van der Waals surface area contributed by atoms with Crippen LogP contribution in [0.4, 0.5) is 0 Å². The zero-order valence-corrected chi connectivity index (χ0v) is 22.4. The van der Waals surface area contributed by atoms with Crippen LogP contribution in [0.2, 0.25) is 0 Å². The van der Waals surface area contributed by atoms with E-state index in [0.717, 1.165) is 34.5 Å². The van der Waals surface area contributed by atoms with Crippen molar-refractivity contribution < 1.29 is 9.15 Å². The average Bonchev–Trinajstić information content (AvgIpc) is 3.65. The van der Waals surface area contributed by atoms with E-state index in [-0.39, 0.29) is 0 Å². The van der Waals surface area contributed by atoms with Gasteiger partial charge in [0.05, 0.1) is 17.6 Å². The second-order valence-corrected chi connectivity index (χ2v) is 9.90. The van der Waals surface area contributed by atoms with Crippen LogP contribution in [0, 0.1) is 0 Å². The van der Waals surface area contributed by atoms with Gasteiger partial charge >= 0.3 is 0 Å². The van der Waals surface area contributed by atoms with E-state index < -0.39 is 0 Å². The Morgan fingerprint density at radius 1 is 0.683 bits per heavy atom. The Morgan fingerprint density at radius 2 is 1.37 bits per heavy atom. The second kappa shape index (κ2) is 10.6. The van der Waals surface area contributed by atoms with Crippen LogP contribution in [-0.4, -0.2) is 21.4 Å². The number of nitrogens with zero attached hydrogens (tertiary/aromatic N) is 3. The number of para-hydroxylation sites is 2. The molecule has 0 spiro atoms. The van der Waals surface area contributed by atoms with Gasteiger partial charge in [0.25, 0.3) is 0 Å². The van der Waals surface area contributed by atoms with Crippen molar-refractivity contribution in [2.24, 2.45) is 0 Å². The molecule has 41 heavy (non-hydrogen) atoms. The number of benzene rings is 5. The molecule has 7 rings (SSSR count). The normalized spacial score (nSPS) is 11.2. The maximum Gasteiger partial charge on any atom is 0.248 e. The highest BCUT2D eigenvalue weighted by molar-refractivity contribution is 6.09. The van der Waals surface area contributed by atoms with Gasteiger partial charge in [-0.15, -0.1) is 10.2 Å². The number of rotatable bonds is 8. The molecule has 5 nitrogen and oxygen atoms in total. The second-order valence-electron chi connectivity index (χ2n) is 9.90. The minimum atomic E-state index is 0.454. The van der Waals surface area contributed by atoms with Crippen molar-refractivity contribution in [1.29, 1.82) is 0 Å². The summed E-state index contributed by atoms with van der Waals surface area (Å²) in [6, 6.07) is 41.3. The fourth-order valence-electron chi connectivity index (χ4n) is 5.29. The molecule has 0 amide bonds. The van der Waals surface area contributed by atoms with E-state index in [1.54, 1.807) is 0 Å². The molecule has 2 heterocycles. The van der Waals surface area contributed by atoms with E-state index in [4.69, 9.17) is 9.15 Å². The number of fused-ring (bicyclic) bond motifs is 3. The van der Waals surface area contributed by atoms with Crippen LogP contribution >= 0.6 is 0 Å². The molecular formula is C36H27N3O2. The molecule has 0 atom stereocenters. The number of hydrogen-bond acceptors (Lipinski definition) is 4. The molecule has 7 aromatic rings. The lowest BCUT2D eigenvalue weighted by molar-refractivity contribution is 0.322. The molecule has 2 aromatic heterocycles. The SMILES string of the molecule is C=Cc1cccc(CCOc2cccc(-c3nnc(-c4ccc(-n5c6ccccc6c6ccccc65)cc4)o3)c2)c1. The molecule has 5 heteroatoms. The van der Waals surface area contributed by atoms with Crippen LogP contribution in [0.15, 0.2) is 132 Å². The average molecular weight is 534 g/mol. The molecule has 198 valence electrons. The molecule has 0 fully saturated rings. The van der Waals surface area contributed by atoms with Crippen LogP contribution in [-0.2, 0) is 6.42 Å². The fourth-order valence-corrected chi connectivity index (χ4v) is 5.29. The van der Waals surface area contributed by atoms with Crippen LogP contribution < -0.4 is 4.74 Å². The summed E-state index contributed by atoms with van der Waals surface area (Å²) in [5.74, 6) is 1.69. The lowest BCUT2D eigenvalue weighted by atomic mass is 10.1. The van der Waals surface area contributed by atoms with Gasteiger partial charge in [0, 0.05) is 34.0 Å². The predicted octanol–water partition coefficient (Wildman–Crippen LogP) is 8.77. The molecule has 0 aliphatic carbocycles. The van der Waals surface area contributed by atoms with E-state index in [1.807, 2.05) is 54.6 Å². The number of aromatic nitrogens is 3. The molecule has 0 saturated heterocycles. The summed E-state index contributed by atoms with van der Waals surface area (Å²) < 4.78 is 14.4. The maximum absolute atomic E-state index is 6.09. The van der Waals surface area contributed by atoms with Gasteiger partial charge in [-0.2, -0.15) is 0 Å². The topological polar surface area (TPSA) is 53.1 Å². The zero-order chi connectivity index (χ0) is 27.6. The zero-order valence-electron chi connectivity index (χ0n) is 22.4. The summed E-state index contributed by atoms with van der Waals surface area (Å²) in [5.41, 5.74) is 7.43. The number of hydrogen-bond donors (Lipinski definition) is 0. The van der Waals surface area contributed by atoms with Gasteiger partial charge in [-0.3, -0.25) is 0 Å². The molecule has 0 saturated carbocycles. The van der Waals surface area contributed by atoms with Gasteiger partial charge in [-0.25, -0.2) is 0 Å². The smallest absolute Gasteiger partial charge is 0.248 e. The first-order valence-corrected chi connectivity index (χ1v) is 13.6. The minimum Gasteiger partial charge on any atom is -0.493 e. The Morgan fingerprint density at radius 3 is 2.10 bits per heavy atom. The van der Waals surface area contributed by atoms with Crippen molar-refractivity contribution >= 4 is 27.9 Å². The monoisotopic (exact) mass is 533 g/mol. The van der Waals surface area contributed by atoms with Crippen LogP contribution in [0.3, 0.4) is 0 Å². The van der Waals surface area contributed by atoms with Crippen molar-refractivity contribution in [3.05, 3.63) is 139 Å². The highest BCUT2D eigenvalue weighted by Gasteiger charge is 2.14. The lowest BCUT2D eigenvalue weighted by Gasteiger charge is -2.08. The third-order valence-corrected chi connectivity index (χ3v) is 7.30. The van der Waals surface area contributed by atoms with Crippen molar-refractivity contribution in [1.82, 2.24) is 14.8 Å². The van der Waals surface area contributed by atoms with E-state index in [0.29, 0.717) is 18.4 Å². The quantitative estimate of drug-likeness (QED) is 0.196. The molecular weight excluding hydrogens is 506 g/mol. The Balaban J connectivity index is 1.10. The third-order valence-electron chi connectivity index (χ3n) is 7.30. The van der Waals surface area contributed by atoms with Crippen LogP contribution in [0.5, 0.6) is 5.75 Å². The van der Waals surface area contributed by atoms with E-state index in [1.165, 1.54) is 27.4 Å². The number of ether oxygens (including phenoxy) is 1. The van der Waals surface area contributed by atoms with Gasteiger partial charge in [0.1, 0.15) is 5.75 Å². The van der Waals surface area contributed by atoms with Crippen molar-refractivity contribution in [2.75, 3.05) is 6.61 Å². The summed E-state index contributed by atoms with van der Waals surface area (Å²) in [4.78, 5) is 0. The van der Waals surface area contributed by atoms with E-state index in [2.05, 4.69) is 94.1 Å². The first kappa shape index (κ1) is 24.6. The van der Waals surface area contributed by atoms with Crippen molar-refractivity contribution in [3.8, 4) is 34.3 Å². The molecule has 0 unspecified atom stereocenters. The maximum atomic E-state index is 6.09. The van der Waals surface area contributed by atoms with E-state index in [9.17, 15) is 0 Å². The Kier molecular flexibility index (Phi) is 6.38. The molecule has 0 N–H and O–H groups in total. The Bertz CT molecular complexity index is 1950. The standard InChI is InChI=1S/C36H27N3O2/c1-2-25-9-7-10-26(23-25)21-22-40-30-12-8-11-28(24-30)36-38-37-35(41-36)27-17-19-29(20-18-27)39-33-15-5-3-13-31(33)32-14-4-6-16-34(32)39/h2-20,23-24H,1,21-22H2. The van der Waals surface area contributed by atoms with Gasteiger partial charge in [0.15, 0.2) is 0 Å². The molecule has 0 aliphatic heterocycles. The third kappa shape index (κ3) is 4.79. The first-order chi connectivity index (χ1) is 20.3. The van der Waals surface area contributed by atoms with Gasteiger partial charge in [-0.05, 0) is 65.7 Å². The molecule has 0 aliphatic rings. The molecule has 0 radical (unpaired) electrons. The predicted molar refractivity (Wildman–Crippen MR) is 165 cm³/mol. The Labute approximate surface area is 238 Å². The minimum absolute atomic E-state index is 0.454. The lowest BCUT2D eigenvalue weighted by Crippen LogP contribution is -2.01. The van der Waals surface area contributed by atoms with Crippen molar-refractivity contribution in [2.45, 2.75) is 6.42 Å².